The first-order valence-corrected chi connectivity index (χ1v) is 5.03. The van der Waals surface area contributed by atoms with E-state index < -0.39 is 0 Å². The van der Waals surface area contributed by atoms with Gasteiger partial charge in [0.2, 0.25) is 0 Å². The van der Waals surface area contributed by atoms with Crippen molar-refractivity contribution < 1.29 is 0 Å². The Morgan fingerprint density at radius 2 is 1.67 bits per heavy atom. The molecule has 0 amide bonds. The fraction of sp³-hybridized carbons (Fsp3) is 0.900. The predicted octanol–water partition coefficient (Wildman–Crippen LogP) is 1.98. The summed E-state index contributed by atoms with van der Waals surface area (Å²) in [5.74, 6) is 1.99. The van der Waals surface area contributed by atoms with E-state index in [1.54, 1.807) is 0 Å². The first kappa shape index (κ1) is 7.91. The molecule has 1 saturated heterocycles. The molecule has 0 spiro atoms. The summed E-state index contributed by atoms with van der Waals surface area (Å²) in [4.78, 5) is 1.89. The van der Waals surface area contributed by atoms with Crippen LogP contribution in [-0.2, 0) is 0 Å². The Kier molecular flexibility index (Phi) is 2.21. The van der Waals surface area contributed by atoms with Crippen LogP contribution in [0.4, 0.5) is 0 Å². The lowest BCUT2D eigenvalue weighted by Gasteiger charge is -2.27. The highest BCUT2D eigenvalue weighted by Crippen LogP contribution is 2.38. The van der Waals surface area contributed by atoms with Crippen molar-refractivity contribution in [3.63, 3.8) is 0 Å². The second-order valence-corrected chi connectivity index (χ2v) is 4.21. The van der Waals surface area contributed by atoms with Crippen LogP contribution in [0.5, 0.6) is 0 Å². The summed E-state index contributed by atoms with van der Waals surface area (Å²) < 4.78 is 0. The van der Waals surface area contributed by atoms with Gasteiger partial charge in [0.25, 0.3) is 0 Å². The lowest BCUT2D eigenvalue weighted by Crippen LogP contribution is -2.29. The zero-order valence-electron chi connectivity index (χ0n) is 7.50. The summed E-state index contributed by atoms with van der Waals surface area (Å²) in [6.45, 7) is 2.02. The van der Waals surface area contributed by atoms with Crippen LogP contribution in [0.1, 0.15) is 32.1 Å². The van der Waals surface area contributed by atoms with Crippen LogP contribution >= 0.6 is 0 Å². The zero-order chi connectivity index (χ0) is 8.39. The molecule has 1 aliphatic carbocycles. The smallest absolute Gasteiger partial charge is 0.179 e. The zero-order valence-corrected chi connectivity index (χ0v) is 7.50. The topological polar surface area (TPSA) is 27.0 Å². The van der Waals surface area contributed by atoms with E-state index in [-0.39, 0.29) is 0 Å². The highest BCUT2D eigenvalue weighted by molar-refractivity contribution is 4.84. The third-order valence-corrected chi connectivity index (χ3v) is 3.12. The molecule has 1 saturated carbocycles. The normalized spacial score (nSPS) is 25.4. The maximum atomic E-state index is 8.65. The number of piperidine rings is 1. The second kappa shape index (κ2) is 3.35. The quantitative estimate of drug-likeness (QED) is 0.583. The standard InChI is InChI=1S/C10H16N2/c11-8-12-5-3-10(4-6-12)7-9-1-2-9/h9-10H,1-7H2. The third kappa shape index (κ3) is 1.91. The summed E-state index contributed by atoms with van der Waals surface area (Å²) >= 11 is 0. The average molecular weight is 164 g/mol. The van der Waals surface area contributed by atoms with E-state index in [1.165, 1.54) is 32.1 Å². The molecule has 2 fully saturated rings. The van der Waals surface area contributed by atoms with Crippen LogP contribution < -0.4 is 0 Å². The van der Waals surface area contributed by atoms with Crippen LogP contribution in [0.15, 0.2) is 0 Å². The van der Waals surface area contributed by atoms with Crippen LogP contribution in [-0.4, -0.2) is 18.0 Å². The van der Waals surface area contributed by atoms with Crippen molar-refractivity contribution in [2.45, 2.75) is 32.1 Å². The number of nitriles is 1. The Labute approximate surface area is 74.2 Å². The number of rotatable bonds is 2. The van der Waals surface area contributed by atoms with Crippen molar-refractivity contribution in [1.82, 2.24) is 4.90 Å². The van der Waals surface area contributed by atoms with Crippen molar-refractivity contribution in [1.29, 1.82) is 5.26 Å². The Hall–Kier alpha value is -0.710. The third-order valence-electron chi connectivity index (χ3n) is 3.12. The van der Waals surface area contributed by atoms with E-state index in [2.05, 4.69) is 6.19 Å². The van der Waals surface area contributed by atoms with Gasteiger partial charge in [-0.05, 0) is 31.1 Å². The van der Waals surface area contributed by atoms with Gasteiger partial charge in [-0.3, -0.25) is 0 Å². The van der Waals surface area contributed by atoms with E-state index in [4.69, 9.17) is 5.26 Å². The average Bonchev–Trinajstić information content (AvgIpc) is 2.90. The number of nitrogens with zero attached hydrogens (tertiary/aromatic N) is 2. The van der Waals surface area contributed by atoms with Gasteiger partial charge in [0.05, 0.1) is 0 Å². The lowest BCUT2D eigenvalue weighted by molar-refractivity contribution is 0.237. The molecule has 0 atom stereocenters. The summed E-state index contributed by atoms with van der Waals surface area (Å²) in [5, 5.41) is 8.65. The molecule has 2 heteroatoms. The Bertz CT molecular complexity index is 183. The number of likely N-dealkylation sites (tertiary alicyclic amines) is 1. The van der Waals surface area contributed by atoms with Gasteiger partial charge >= 0.3 is 0 Å². The Morgan fingerprint density at radius 3 is 2.17 bits per heavy atom. The minimum atomic E-state index is 0.932. The number of hydrogen-bond acceptors (Lipinski definition) is 2. The molecule has 2 nitrogen and oxygen atoms in total. The monoisotopic (exact) mass is 164 g/mol. The molecule has 0 radical (unpaired) electrons. The first-order valence-electron chi connectivity index (χ1n) is 5.03. The minimum Gasteiger partial charge on any atom is -0.311 e. The molecule has 0 unspecified atom stereocenters. The predicted molar refractivity (Wildman–Crippen MR) is 47.3 cm³/mol. The number of hydrogen-bond donors (Lipinski definition) is 0. The summed E-state index contributed by atoms with van der Waals surface area (Å²) in [6, 6.07) is 0. The van der Waals surface area contributed by atoms with Crippen molar-refractivity contribution >= 4 is 0 Å². The van der Waals surface area contributed by atoms with E-state index in [1.807, 2.05) is 4.90 Å². The van der Waals surface area contributed by atoms with Gasteiger partial charge in [-0.1, -0.05) is 12.8 Å². The maximum absolute atomic E-state index is 8.65. The molecule has 0 bridgehead atoms. The van der Waals surface area contributed by atoms with Gasteiger partial charge in [0.1, 0.15) is 0 Å². The first-order chi connectivity index (χ1) is 5.88. The summed E-state index contributed by atoms with van der Waals surface area (Å²) in [7, 11) is 0. The molecule has 0 N–H and O–H groups in total. The van der Waals surface area contributed by atoms with E-state index in [0.717, 1.165) is 24.9 Å². The summed E-state index contributed by atoms with van der Waals surface area (Å²) in [5.41, 5.74) is 0. The highest BCUT2D eigenvalue weighted by Gasteiger charge is 2.27. The molecule has 0 aromatic heterocycles. The molecule has 66 valence electrons. The van der Waals surface area contributed by atoms with Gasteiger partial charge in [0, 0.05) is 13.1 Å². The molecule has 2 aliphatic rings. The van der Waals surface area contributed by atoms with Crippen molar-refractivity contribution in [2.75, 3.05) is 13.1 Å². The molecular weight excluding hydrogens is 148 g/mol. The van der Waals surface area contributed by atoms with Crippen molar-refractivity contribution in [3.05, 3.63) is 0 Å². The molecular formula is C10H16N2. The Balaban J connectivity index is 1.71. The Morgan fingerprint density at radius 1 is 1.08 bits per heavy atom. The molecule has 0 aromatic rings. The fourth-order valence-corrected chi connectivity index (χ4v) is 2.09. The highest BCUT2D eigenvalue weighted by atomic mass is 15.1. The largest absolute Gasteiger partial charge is 0.311 e. The van der Waals surface area contributed by atoms with Crippen LogP contribution in [0.2, 0.25) is 0 Å². The fourth-order valence-electron chi connectivity index (χ4n) is 2.09. The van der Waals surface area contributed by atoms with E-state index >= 15 is 0 Å². The minimum absolute atomic E-state index is 0.932. The van der Waals surface area contributed by atoms with Gasteiger partial charge in [-0.2, -0.15) is 5.26 Å². The lowest BCUT2D eigenvalue weighted by atomic mass is 9.92. The van der Waals surface area contributed by atoms with Gasteiger partial charge in [0.15, 0.2) is 6.19 Å². The molecule has 12 heavy (non-hydrogen) atoms. The van der Waals surface area contributed by atoms with E-state index in [9.17, 15) is 0 Å². The van der Waals surface area contributed by atoms with Crippen LogP contribution in [0.3, 0.4) is 0 Å². The molecule has 0 aromatic carbocycles. The molecule has 1 heterocycles. The molecule has 2 rings (SSSR count). The van der Waals surface area contributed by atoms with Crippen molar-refractivity contribution in [3.8, 4) is 6.19 Å². The maximum Gasteiger partial charge on any atom is 0.179 e. The van der Waals surface area contributed by atoms with Gasteiger partial charge < -0.3 is 4.90 Å². The van der Waals surface area contributed by atoms with E-state index in [0.29, 0.717) is 0 Å². The molecule has 1 aliphatic heterocycles. The van der Waals surface area contributed by atoms with Crippen molar-refractivity contribution in [2.24, 2.45) is 11.8 Å². The van der Waals surface area contributed by atoms with Crippen LogP contribution in [0, 0.1) is 23.3 Å². The van der Waals surface area contributed by atoms with Gasteiger partial charge in [-0.15, -0.1) is 0 Å². The SMILES string of the molecule is N#CN1CCC(CC2CC2)CC1. The van der Waals surface area contributed by atoms with Gasteiger partial charge in [-0.25, -0.2) is 0 Å². The second-order valence-electron chi connectivity index (χ2n) is 4.21. The van der Waals surface area contributed by atoms with Crippen LogP contribution in [0.25, 0.3) is 0 Å². The summed E-state index contributed by atoms with van der Waals surface area (Å²) in [6.07, 6.45) is 9.12.